The van der Waals surface area contributed by atoms with Crippen LogP contribution in [0.5, 0.6) is 0 Å². The molecule has 3 N–H and O–H groups in total. The summed E-state index contributed by atoms with van der Waals surface area (Å²) in [7, 11) is 0. The number of aryl methyl sites for hydroxylation is 1. The van der Waals surface area contributed by atoms with E-state index in [1.807, 2.05) is 24.3 Å². The molecule has 0 amide bonds. The summed E-state index contributed by atoms with van der Waals surface area (Å²) in [4.78, 5) is 4.49. The van der Waals surface area contributed by atoms with Crippen molar-refractivity contribution in [2.45, 2.75) is 13.3 Å². The van der Waals surface area contributed by atoms with Crippen LogP contribution in [-0.4, -0.2) is 4.98 Å². The minimum Gasteiger partial charge on any atom is -0.323 e. The molecule has 0 aliphatic carbocycles. The van der Waals surface area contributed by atoms with Crippen molar-refractivity contribution in [3.8, 4) is 0 Å². The lowest BCUT2D eigenvalue weighted by atomic mass is 10.1. The third kappa shape index (κ3) is 1.89. The number of nitrogens with one attached hydrogen (secondary N) is 1. The quantitative estimate of drug-likeness (QED) is 0.606. The van der Waals surface area contributed by atoms with Gasteiger partial charge in [0, 0.05) is 16.1 Å². The van der Waals surface area contributed by atoms with Crippen molar-refractivity contribution < 1.29 is 0 Å². The number of nitrogen functional groups attached to an aromatic ring is 1. The fourth-order valence-electron chi connectivity index (χ4n) is 1.55. The first-order valence-electron chi connectivity index (χ1n) is 4.80. The van der Waals surface area contributed by atoms with E-state index in [0.29, 0.717) is 5.02 Å². The Hall–Kier alpha value is -1.32. The van der Waals surface area contributed by atoms with Gasteiger partial charge in [0.05, 0.1) is 11.2 Å². The number of nitrogens with two attached hydrogens (primary N) is 1. The van der Waals surface area contributed by atoms with Gasteiger partial charge >= 0.3 is 0 Å². The van der Waals surface area contributed by atoms with E-state index in [1.165, 1.54) is 0 Å². The molecule has 0 aliphatic rings. The zero-order chi connectivity index (χ0) is 10.8. The molecule has 0 aliphatic heterocycles. The first-order valence-corrected chi connectivity index (χ1v) is 5.18. The predicted molar refractivity (Wildman–Crippen MR) is 63.9 cm³/mol. The Kier molecular flexibility index (Phi) is 2.75. The van der Waals surface area contributed by atoms with Crippen LogP contribution < -0.4 is 11.3 Å². The van der Waals surface area contributed by atoms with Crippen molar-refractivity contribution in [1.82, 2.24) is 4.98 Å². The fourth-order valence-corrected chi connectivity index (χ4v) is 1.73. The summed E-state index contributed by atoms with van der Waals surface area (Å²) < 4.78 is 0. The van der Waals surface area contributed by atoms with Crippen molar-refractivity contribution in [3.05, 3.63) is 35.0 Å². The monoisotopic (exact) mass is 221 g/mol. The summed E-state index contributed by atoms with van der Waals surface area (Å²) in [5, 5.41) is 1.63. The number of hydrogen-bond donors (Lipinski definition) is 2. The van der Waals surface area contributed by atoms with Crippen molar-refractivity contribution in [2.75, 3.05) is 5.43 Å². The number of fused-ring (bicyclic) bond motifs is 1. The molecule has 1 heterocycles. The van der Waals surface area contributed by atoms with Gasteiger partial charge in [-0.15, -0.1) is 0 Å². The third-order valence-electron chi connectivity index (χ3n) is 2.34. The van der Waals surface area contributed by atoms with Gasteiger partial charge in [-0.25, -0.2) is 0 Å². The summed E-state index contributed by atoms with van der Waals surface area (Å²) >= 11 is 5.92. The average Bonchev–Trinajstić information content (AvgIpc) is 2.27. The van der Waals surface area contributed by atoms with Crippen molar-refractivity contribution in [3.63, 3.8) is 0 Å². The Morgan fingerprint density at radius 3 is 2.87 bits per heavy atom. The minimum atomic E-state index is 0.685. The molecule has 0 radical (unpaired) electrons. The van der Waals surface area contributed by atoms with E-state index in [-0.39, 0.29) is 0 Å². The zero-order valence-corrected chi connectivity index (χ0v) is 9.17. The van der Waals surface area contributed by atoms with Crippen molar-refractivity contribution >= 4 is 28.2 Å². The number of benzene rings is 1. The Morgan fingerprint density at radius 2 is 2.20 bits per heavy atom. The van der Waals surface area contributed by atoms with Crippen LogP contribution in [0.25, 0.3) is 10.9 Å². The SMILES string of the molecule is CCc1cc(NN)c2cc(Cl)ccc2n1. The largest absolute Gasteiger partial charge is 0.323 e. The van der Waals surface area contributed by atoms with E-state index < -0.39 is 0 Å². The second-order valence-corrected chi connectivity index (χ2v) is 3.76. The van der Waals surface area contributed by atoms with Crippen molar-refractivity contribution in [1.29, 1.82) is 0 Å². The molecule has 0 saturated carbocycles. The van der Waals surface area contributed by atoms with Crippen LogP contribution in [-0.2, 0) is 6.42 Å². The van der Waals surface area contributed by atoms with Gasteiger partial charge in [-0.1, -0.05) is 18.5 Å². The number of rotatable bonds is 2. The standard InChI is InChI=1S/C11H12ClN3/c1-2-8-6-11(15-13)9-5-7(12)3-4-10(9)14-8/h3-6H,2,13H2,1H3,(H,14,15). The maximum Gasteiger partial charge on any atom is 0.0727 e. The maximum atomic E-state index is 5.92. The van der Waals surface area contributed by atoms with Crippen LogP contribution in [0.2, 0.25) is 5.02 Å². The number of halogens is 1. The molecule has 1 aromatic heterocycles. The molecule has 4 heteroatoms. The topological polar surface area (TPSA) is 50.9 Å². The number of hydrogen-bond acceptors (Lipinski definition) is 3. The highest BCUT2D eigenvalue weighted by atomic mass is 35.5. The zero-order valence-electron chi connectivity index (χ0n) is 8.42. The van der Waals surface area contributed by atoms with Gasteiger partial charge < -0.3 is 5.43 Å². The summed E-state index contributed by atoms with van der Waals surface area (Å²) in [5.74, 6) is 5.47. The highest BCUT2D eigenvalue weighted by Crippen LogP contribution is 2.25. The molecule has 0 atom stereocenters. The van der Waals surface area contributed by atoms with Gasteiger partial charge in [-0.3, -0.25) is 10.8 Å². The lowest BCUT2D eigenvalue weighted by Gasteiger charge is -2.08. The van der Waals surface area contributed by atoms with E-state index in [4.69, 9.17) is 17.4 Å². The molecule has 0 fully saturated rings. The van der Waals surface area contributed by atoms with Crippen molar-refractivity contribution in [2.24, 2.45) is 5.84 Å². The summed E-state index contributed by atoms with van der Waals surface area (Å²) in [6, 6.07) is 7.53. The molecule has 1 aromatic carbocycles. The first-order chi connectivity index (χ1) is 7.24. The molecule has 78 valence electrons. The number of aromatic nitrogens is 1. The molecule has 15 heavy (non-hydrogen) atoms. The lowest BCUT2D eigenvalue weighted by molar-refractivity contribution is 1.06. The average molecular weight is 222 g/mol. The molecule has 2 rings (SSSR count). The van der Waals surface area contributed by atoms with Gasteiger partial charge in [-0.2, -0.15) is 0 Å². The molecule has 3 nitrogen and oxygen atoms in total. The Bertz CT molecular complexity index is 496. The Morgan fingerprint density at radius 1 is 1.40 bits per heavy atom. The van der Waals surface area contributed by atoms with Gasteiger partial charge in [0.15, 0.2) is 0 Å². The molecular formula is C11H12ClN3. The molecular weight excluding hydrogens is 210 g/mol. The first kappa shape index (κ1) is 10.2. The van der Waals surface area contributed by atoms with Crippen LogP contribution in [0.4, 0.5) is 5.69 Å². The van der Waals surface area contributed by atoms with E-state index >= 15 is 0 Å². The van der Waals surface area contributed by atoms with Crippen LogP contribution in [0.3, 0.4) is 0 Å². The second kappa shape index (κ2) is 4.04. The number of pyridine rings is 1. The van der Waals surface area contributed by atoms with E-state index in [0.717, 1.165) is 28.7 Å². The highest BCUT2D eigenvalue weighted by Gasteiger charge is 2.04. The molecule has 0 spiro atoms. The smallest absolute Gasteiger partial charge is 0.0727 e. The van der Waals surface area contributed by atoms with Crippen LogP contribution >= 0.6 is 11.6 Å². The van der Waals surface area contributed by atoms with Crippen LogP contribution in [0.15, 0.2) is 24.3 Å². The molecule has 2 aromatic rings. The normalized spacial score (nSPS) is 10.6. The van der Waals surface area contributed by atoms with E-state index in [9.17, 15) is 0 Å². The van der Waals surface area contributed by atoms with Gasteiger partial charge in [-0.05, 0) is 30.7 Å². The van der Waals surface area contributed by atoms with E-state index in [2.05, 4.69) is 17.3 Å². The highest BCUT2D eigenvalue weighted by molar-refractivity contribution is 6.31. The van der Waals surface area contributed by atoms with Gasteiger partial charge in [0.1, 0.15) is 0 Å². The number of anilines is 1. The minimum absolute atomic E-state index is 0.685. The van der Waals surface area contributed by atoms with Crippen LogP contribution in [0, 0.1) is 0 Å². The predicted octanol–water partition coefficient (Wildman–Crippen LogP) is 2.74. The summed E-state index contributed by atoms with van der Waals surface area (Å²) in [5.41, 5.74) is 5.45. The summed E-state index contributed by atoms with van der Waals surface area (Å²) in [6.07, 6.45) is 0.882. The lowest BCUT2D eigenvalue weighted by Crippen LogP contribution is -2.08. The molecule has 0 saturated heterocycles. The van der Waals surface area contributed by atoms with Gasteiger partial charge in [0.25, 0.3) is 0 Å². The Labute approximate surface area is 93.2 Å². The fraction of sp³-hybridized carbons (Fsp3) is 0.182. The number of hydrazine groups is 1. The number of nitrogens with zero attached hydrogens (tertiary/aromatic N) is 1. The van der Waals surface area contributed by atoms with E-state index in [1.54, 1.807) is 0 Å². The second-order valence-electron chi connectivity index (χ2n) is 3.32. The molecule has 0 unspecified atom stereocenters. The maximum absolute atomic E-state index is 5.92. The third-order valence-corrected chi connectivity index (χ3v) is 2.58. The van der Waals surface area contributed by atoms with Gasteiger partial charge in [0.2, 0.25) is 0 Å². The Balaban J connectivity index is 2.75. The van der Waals surface area contributed by atoms with Crippen LogP contribution in [0.1, 0.15) is 12.6 Å². The molecule has 0 bridgehead atoms. The summed E-state index contributed by atoms with van der Waals surface area (Å²) in [6.45, 7) is 2.06.